The summed E-state index contributed by atoms with van der Waals surface area (Å²) in [5.74, 6) is -0.455. The van der Waals surface area contributed by atoms with Crippen molar-refractivity contribution in [3.8, 4) is 0 Å². The summed E-state index contributed by atoms with van der Waals surface area (Å²) >= 11 is 7.83. The normalized spacial score (nSPS) is 12.0. The van der Waals surface area contributed by atoms with E-state index in [4.69, 9.17) is 22.1 Å². The molecule has 0 saturated heterocycles. The molecule has 0 radical (unpaired) electrons. The predicted octanol–water partition coefficient (Wildman–Crippen LogP) is 2.87. The van der Waals surface area contributed by atoms with Crippen LogP contribution in [0.15, 0.2) is 12.1 Å². The molecule has 0 amide bonds. The Kier molecular flexibility index (Phi) is 5.62. The van der Waals surface area contributed by atoms with Crippen LogP contribution in [0.3, 0.4) is 0 Å². The lowest BCUT2D eigenvalue weighted by molar-refractivity contribution is 0.0602. The van der Waals surface area contributed by atoms with Crippen molar-refractivity contribution in [3.63, 3.8) is 0 Å². The maximum atomic E-state index is 11.7. The topological polar surface area (TPSA) is 64.3 Å². The van der Waals surface area contributed by atoms with Crippen LogP contribution in [0, 0.1) is 0 Å². The van der Waals surface area contributed by atoms with E-state index in [-0.39, 0.29) is 0 Å². The van der Waals surface area contributed by atoms with Crippen LogP contribution in [0.5, 0.6) is 0 Å². The van der Waals surface area contributed by atoms with E-state index < -0.39 is 5.97 Å². The molecule has 0 bridgehead atoms. The zero-order valence-electron chi connectivity index (χ0n) is 10.6. The number of thioether (sulfide) groups is 1. The SMILES string of the molecule is COC(=O)c1cc(N)cc(Cl)c1NCC(C)SC. The Morgan fingerprint density at radius 1 is 1.61 bits per heavy atom. The quantitative estimate of drug-likeness (QED) is 0.644. The monoisotopic (exact) mass is 288 g/mol. The number of nitrogens with two attached hydrogens (primary N) is 1. The highest BCUT2D eigenvalue weighted by Gasteiger charge is 2.16. The molecule has 0 aliphatic carbocycles. The molecule has 0 fully saturated rings. The number of benzene rings is 1. The molecule has 1 unspecified atom stereocenters. The summed E-state index contributed by atoms with van der Waals surface area (Å²) in [6, 6.07) is 3.17. The summed E-state index contributed by atoms with van der Waals surface area (Å²) in [6.07, 6.45) is 2.03. The second-order valence-corrected chi connectivity index (χ2v) is 5.53. The Morgan fingerprint density at radius 3 is 2.83 bits per heavy atom. The van der Waals surface area contributed by atoms with Crippen LogP contribution >= 0.6 is 23.4 Å². The number of nitrogen functional groups attached to an aromatic ring is 1. The molecular weight excluding hydrogens is 272 g/mol. The minimum atomic E-state index is -0.455. The van der Waals surface area contributed by atoms with Crippen LogP contribution in [0.4, 0.5) is 11.4 Å². The molecule has 0 aromatic heterocycles. The van der Waals surface area contributed by atoms with E-state index in [1.807, 2.05) is 6.26 Å². The average Bonchev–Trinajstić information content (AvgIpc) is 2.35. The molecule has 6 heteroatoms. The fourth-order valence-corrected chi connectivity index (χ4v) is 1.95. The highest BCUT2D eigenvalue weighted by Crippen LogP contribution is 2.30. The molecule has 1 rings (SSSR count). The van der Waals surface area contributed by atoms with E-state index in [9.17, 15) is 4.79 Å². The van der Waals surface area contributed by atoms with E-state index in [1.165, 1.54) is 7.11 Å². The summed E-state index contributed by atoms with van der Waals surface area (Å²) in [6.45, 7) is 2.79. The Balaban J connectivity index is 3.04. The maximum Gasteiger partial charge on any atom is 0.340 e. The first kappa shape index (κ1) is 15.0. The van der Waals surface area contributed by atoms with Crippen molar-refractivity contribution in [3.05, 3.63) is 22.7 Å². The van der Waals surface area contributed by atoms with E-state index in [1.54, 1.807) is 23.9 Å². The van der Waals surface area contributed by atoms with Crippen LogP contribution in [0.1, 0.15) is 17.3 Å². The molecule has 0 heterocycles. The Bertz CT molecular complexity index is 440. The number of ether oxygens (including phenoxy) is 1. The van der Waals surface area contributed by atoms with Gasteiger partial charge in [0, 0.05) is 17.5 Å². The zero-order valence-corrected chi connectivity index (χ0v) is 12.2. The smallest absolute Gasteiger partial charge is 0.340 e. The number of esters is 1. The highest BCUT2D eigenvalue weighted by atomic mass is 35.5. The van der Waals surface area contributed by atoms with Gasteiger partial charge in [0.2, 0.25) is 0 Å². The van der Waals surface area contributed by atoms with Gasteiger partial charge in [-0.1, -0.05) is 18.5 Å². The molecule has 0 aliphatic rings. The van der Waals surface area contributed by atoms with Crippen LogP contribution in [-0.2, 0) is 4.74 Å². The van der Waals surface area contributed by atoms with Crippen molar-refractivity contribution >= 4 is 40.7 Å². The standard InChI is InChI=1S/C12H17ClN2O2S/c1-7(18-3)6-15-11-9(12(16)17-2)4-8(14)5-10(11)13/h4-5,7,15H,6,14H2,1-3H3. The Labute approximate surface area is 116 Å². The van der Waals surface area contributed by atoms with Crippen molar-refractivity contribution in [1.29, 1.82) is 0 Å². The van der Waals surface area contributed by atoms with Gasteiger partial charge in [0.05, 0.1) is 23.4 Å². The van der Waals surface area contributed by atoms with Crippen LogP contribution in [0.25, 0.3) is 0 Å². The van der Waals surface area contributed by atoms with Gasteiger partial charge in [-0.15, -0.1) is 0 Å². The van der Waals surface area contributed by atoms with Gasteiger partial charge in [0.25, 0.3) is 0 Å². The molecule has 4 nitrogen and oxygen atoms in total. The molecule has 0 aliphatic heterocycles. The first-order chi connectivity index (χ1) is 8.49. The third-order valence-electron chi connectivity index (χ3n) is 2.49. The molecule has 1 aromatic carbocycles. The van der Waals surface area contributed by atoms with Crippen molar-refractivity contribution in [2.45, 2.75) is 12.2 Å². The summed E-state index contributed by atoms with van der Waals surface area (Å²) in [4.78, 5) is 11.7. The minimum absolute atomic E-state index is 0.357. The van der Waals surface area contributed by atoms with E-state index >= 15 is 0 Å². The van der Waals surface area contributed by atoms with Crippen molar-refractivity contribution < 1.29 is 9.53 Å². The van der Waals surface area contributed by atoms with Crippen LogP contribution < -0.4 is 11.1 Å². The van der Waals surface area contributed by atoms with Gasteiger partial charge < -0.3 is 15.8 Å². The maximum absolute atomic E-state index is 11.7. The molecule has 0 saturated carbocycles. The van der Waals surface area contributed by atoms with Gasteiger partial charge in [-0.05, 0) is 18.4 Å². The number of nitrogens with one attached hydrogen (secondary N) is 1. The fraction of sp³-hybridized carbons (Fsp3) is 0.417. The van der Waals surface area contributed by atoms with Crippen molar-refractivity contribution in [2.24, 2.45) is 0 Å². The lowest BCUT2D eigenvalue weighted by atomic mass is 10.1. The number of carbonyl (C=O) groups is 1. The van der Waals surface area contributed by atoms with Gasteiger partial charge >= 0.3 is 5.97 Å². The second-order valence-electron chi connectivity index (χ2n) is 3.84. The molecule has 1 atom stereocenters. The molecular formula is C12H17ClN2O2S. The molecule has 3 N–H and O–H groups in total. The first-order valence-electron chi connectivity index (χ1n) is 5.43. The minimum Gasteiger partial charge on any atom is -0.465 e. The van der Waals surface area contributed by atoms with Gasteiger partial charge in [0.15, 0.2) is 0 Å². The largest absolute Gasteiger partial charge is 0.465 e. The highest BCUT2D eigenvalue weighted by molar-refractivity contribution is 7.99. The predicted molar refractivity (Wildman–Crippen MR) is 78.7 cm³/mol. The number of rotatable bonds is 5. The zero-order chi connectivity index (χ0) is 13.7. The van der Waals surface area contributed by atoms with Crippen LogP contribution in [-0.4, -0.2) is 31.1 Å². The van der Waals surface area contributed by atoms with E-state index in [2.05, 4.69) is 12.2 Å². The number of hydrogen-bond donors (Lipinski definition) is 2. The van der Waals surface area contributed by atoms with E-state index in [0.717, 1.165) is 0 Å². The first-order valence-corrected chi connectivity index (χ1v) is 7.10. The lowest BCUT2D eigenvalue weighted by Gasteiger charge is -2.16. The van der Waals surface area contributed by atoms with Crippen LogP contribution in [0.2, 0.25) is 5.02 Å². The number of anilines is 2. The third-order valence-corrected chi connectivity index (χ3v) is 3.76. The Hall–Kier alpha value is -1.07. The van der Waals surface area contributed by atoms with Crippen molar-refractivity contribution in [1.82, 2.24) is 0 Å². The summed E-state index contributed by atoms with van der Waals surface area (Å²) in [5.41, 5.74) is 7.04. The number of hydrogen-bond acceptors (Lipinski definition) is 5. The summed E-state index contributed by atoms with van der Waals surface area (Å²) in [7, 11) is 1.33. The van der Waals surface area contributed by atoms with E-state index in [0.29, 0.717) is 33.8 Å². The van der Waals surface area contributed by atoms with Gasteiger partial charge in [-0.2, -0.15) is 11.8 Å². The number of halogens is 1. The molecule has 1 aromatic rings. The number of methoxy groups -OCH3 is 1. The fourth-order valence-electron chi connectivity index (χ4n) is 1.41. The molecule has 100 valence electrons. The summed E-state index contributed by atoms with van der Waals surface area (Å²) < 4.78 is 4.72. The molecule has 0 spiro atoms. The Morgan fingerprint density at radius 2 is 2.28 bits per heavy atom. The van der Waals surface area contributed by atoms with Crippen molar-refractivity contribution in [2.75, 3.05) is 31.0 Å². The molecule has 18 heavy (non-hydrogen) atoms. The van der Waals surface area contributed by atoms with Gasteiger partial charge in [-0.25, -0.2) is 4.79 Å². The summed E-state index contributed by atoms with van der Waals surface area (Å²) in [5, 5.41) is 3.99. The van der Waals surface area contributed by atoms with Gasteiger partial charge in [-0.3, -0.25) is 0 Å². The van der Waals surface area contributed by atoms with Gasteiger partial charge in [0.1, 0.15) is 0 Å². The lowest BCUT2D eigenvalue weighted by Crippen LogP contribution is -2.16. The second kappa shape index (κ2) is 6.75. The average molecular weight is 289 g/mol. The third kappa shape index (κ3) is 3.71. The number of carbonyl (C=O) groups excluding carboxylic acids is 1.